The van der Waals surface area contributed by atoms with E-state index in [4.69, 9.17) is 9.47 Å². The molecule has 2 atom stereocenters. The molecule has 5 rings (SSSR count). The zero-order valence-electron chi connectivity index (χ0n) is 20.8. The van der Waals surface area contributed by atoms with Gasteiger partial charge >= 0.3 is 0 Å². The van der Waals surface area contributed by atoms with E-state index < -0.39 is 5.82 Å². The number of nitrogens with zero attached hydrogens (tertiary/aromatic N) is 7. The highest BCUT2D eigenvalue weighted by atomic mass is 19.1. The molecule has 2 N–H and O–H groups in total. The second-order valence-electron chi connectivity index (χ2n) is 9.88. The van der Waals surface area contributed by atoms with E-state index in [1.165, 1.54) is 30.0 Å². The minimum absolute atomic E-state index is 0.0708. The molecule has 4 heterocycles. The third-order valence-corrected chi connectivity index (χ3v) is 6.90. The summed E-state index contributed by atoms with van der Waals surface area (Å²) >= 11 is 0. The van der Waals surface area contributed by atoms with Crippen LogP contribution in [0.5, 0.6) is 5.75 Å². The van der Waals surface area contributed by atoms with Crippen molar-refractivity contribution >= 4 is 17.5 Å². The molecule has 2 aliphatic heterocycles. The Hall–Kier alpha value is -3.38. The molecule has 2 saturated heterocycles. The number of ether oxygens (including phenoxy) is 2. The fourth-order valence-corrected chi connectivity index (χ4v) is 5.37. The number of fused-ring (bicyclic) bond motifs is 1. The molecule has 0 saturated carbocycles. The van der Waals surface area contributed by atoms with Crippen molar-refractivity contribution in [1.82, 2.24) is 35.1 Å². The van der Waals surface area contributed by atoms with Crippen LogP contribution < -0.4 is 15.4 Å². The lowest BCUT2D eigenvalue weighted by molar-refractivity contribution is 0.0500. The summed E-state index contributed by atoms with van der Waals surface area (Å²) in [4.78, 5) is 11.2. The van der Waals surface area contributed by atoms with Crippen LogP contribution in [0.15, 0.2) is 30.7 Å². The molecule has 0 bridgehead atoms. The minimum Gasteiger partial charge on any atom is -0.489 e. The fraction of sp³-hybridized carbons (Fsp3) is 0.542. The predicted octanol–water partition coefficient (Wildman–Crippen LogP) is 3.18. The van der Waals surface area contributed by atoms with E-state index in [1.807, 2.05) is 12.1 Å². The first-order chi connectivity index (χ1) is 17.4. The molecule has 36 heavy (non-hydrogen) atoms. The number of nitrogens with one attached hydrogen (secondary N) is 2. The van der Waals surface area contributed by atoms with Gasteiger partial charge in [0, 0.05) is 30.4 Å². The highest BCUT2D eigenvalue weighted by molar-refractivity contribution is 5.62. The van der Waals surface area contributed by atoms with E-state index in [2.05, 4.69) is 54.9 Å². The summed E-state index contributed by atoms with van der Waals surface area (Å²) in [6.07, 6.45) is 6.99. The molecule has 0 amide bonds. The van der Waals surface area contributed by atoms with E-state index in [0.717, 1.165) is 19.4 Å². The highest BCUT2D eigenvalue weighted by Crippen LogP contribution is 2.38. The molecule has 0 spiro atoms. The van der Waals surface area contributed by atoms with Gasteiger partial charge in [-0.15, -0.1) is 5.10 Å². The first-order valence-electron chi connectivity index (χ1n) is 12.2. The van der Waals surface area contributed by atoms with Crippen LogP contribution in [0.2, 0.25) is 0 Å². The van der Waals surface area contributed by atoms with Gasteiger partial charge in [-0.25, -0.2) is 9.37 Å². The highest BCUT2D eigenvalue weighted by Gasteiger charge is 2.43. The van der Waals surface area contributed by atoms with E-state index in [0.29, 0.717) is 36.4 Å². The van der Waals surface area contributed by atoms with Crippen LogP contribution in [0.4, 0.5) is 21.8 Å². The average molecular weight is 498 g/mol. The van der Waals surface area contributed by atoms with Gasteiger partial charge in [-0.05, 0) is 74.7 Å². The largest absolute Gasteiger partial charge is 0.489 e. The monoisotopic (exact) mass is 497 g/mol. The van der Waals surface area contributed by atoms with Gasteiger partial charge in [0.1, 0.15) is 24.4 Å². The Labute approximate surface area is 209 Å². The third-order valence-electron chi connectivity index (χ3n) is 6.90. The molecule has 12 heteroatoms. The lowest BCUT2D eigenvalue weighted by Gasteiger charge is -2.47. The number of rotatable bonds is 9. The number of halogens is 1. The topological polar surface area (TPSA) is 115 Å². The zero-order valence-corrected chi connectivity index (χ0v) is 20.8. The molecule has 2 aromatic heterocycles. The molecular weight excluding hydrogens is 465 g/mol. The zero-order chi connectivity index (χ0) is 25.1. The standard InChI is InChI=1S/C24H32FN9O2/c1-24(2)13-17(11-18-5-4-8-33(18)24)28-22-19(25)14-26-23(30-22)29-16-6-7-21(36-10-9-35-3)20(12-16)34-15-27-31-32-34/h6-7,12,14-15,17-18H,4-5,8-11,13H2,1-3H3,(H2,26,28,29,30). The van der Waals surface area contributed by atoms with Crippen molar-refractivity contribution in [1.29, 1.82) is 0 Å². The molecule has 192 valence electrons. The summed E-state index contributed by atoms with van der Waals surface area (Å²) in [6.45, 7) is 6.51. The van der Waals surface area contributed by atoms with Crippen molar-refractivity contribution in [3.63, 3.8) is 0 Å². The van der Waals surface area contributed by atoms with Crippen LogP contribution >= 0.6 is 0 Å². The molecule has 0 radical (unpaired) electrons. The van der Waals surface area contributed by atoms with Crippen LogP contribution in [-0.2, 0) is 4.74 Å². The first kappa shape index (κ1) is 24.3. The lowest BCUT2D eigenvalue weighted by atomic mass is 9.84. The Morgan fingerprint density at radius 2 is 2.14 bits per heavy atom. The van der Waals surface area contributed by atoms with Crippen molar-refractivity contribution in [2.24, 2.45) is 0 Å². The maximum absolute atomic E-state index is 14.7. The van der Waals surface area contributed by atoms with E-state index in [9.17, 15) is 4.39 Å². The van der Waals surface area contributed by atoms with Crippen LogP contribution in [0.25, 0.3) is 5.69 Å². The van der Waals surface area contributed by atoms with Gasteiger partial charge in [-0.3, -0.25) is 4.90 Å². The molecule has 2 fully saturated rings. The van der Waals surface area contributed by atoms with Crippen molar-refractivity contribution in [2.45, 2.75) is 57.2 Å². The Morgan fingerprint density at radius 1 is 1.25 bits per heavy atom. The quantitative estimate of drug-likeness (QED) is 0.427. The molecule has 11 nitrogen and oxygen atoms in total. The number of benzene rings is 1. The number of aromatic nitrogens is 6. The Kier molecular flexibility index (Phi) is 6.97. The van der Waals surface area contributed by atoms with Crippen molar-refractivity contribution in [2.75, 3.05) is 37.5 Å². The predicted molar refractivity (Wildman–Crippen MR) is 132 cm³/mol. The molecule has 2 unspecified atom stereocenters. The number of piperidine rings is 1. The van der Waals surface area contributed by atoms with Crippen LogP contribution in [0, 0.1) is 5.82 Å². The summed E-state index contributed by atoms with van der Waals surface area (Å²) in [5.74, 6) is 0.615. The second-order valence-corrected chi connectivity index (χ2v) is 9.88. The summed E-state index contributed by atoms with van der Waals surface area (Å²) in [7, 11) is 1.61. The first-order valence-corrected chi connectivity index (χ1v) is 12.2. The second kappa shape index (κ2) is 10.3. The van der Waals surface area contributed by atoms with Crippen molar-refractivity contribution in [3.8, 4) is 11.4 Å². The minimum atomic E-state index is -0.469. The number of tetrazole rings is 1. The number of hydrogen-bond donors (Lipinski definition) is 2. The Bertz CT molecular complexity index is 1170. The normalized spacial score (nSPS) is 21.2. The SMILES string of the molecule is COCCOc1ccc(Nc2ncc(F)c(NC3CC4CCCN4C(C)(C)C3)n2)cc1-n1cnnn1. The molecule has 3 aromatic rings. The number of hydrogen-bond acceptors (Lipinski definition) is 10. The molecular formula is C24H32FN9O2. The summed E-state index contributed by atoms with van der Waals surface area (Å²) in [5.41, 5.74) is 1.38. The molecule has 2 aliphatic rings. The smallest absolute Gasteiger partial charge is 0.229 e. The van der Waals surface area contributed by atoms with Gasteiger partial charge < -0.3 is 20.1 Å². The van der Waals surface area contributed by atoms with Gasteiger partial charge in [-0.2, -0.15) is 9.67 Å². The summed E-state index contributed by atoms with van der Waals surface area (Å²) in [6, 6.07) is 6.12. The van der Waals surface area contributed by atoms with Gasteiger partial charge in [0.2, 0.25) is 5.95 Å². The number of anilines is 3. The van der Waals surface area contributed by atoms with Crippen LogP contribution in [0.3, 0.4) is 0 Å². The van der Waals surface area contributed by atoms with E-state index >= 15 is 0 Å². The van der Waals surface area contributed by atoms with Gasteiger partial charge in [0.25, 0.3) is 0 Å². The van der Waals surface area contributed by atoms with Crippen molar-refractivity contribution in [3.05, 3.63) is 36.5 Å². The van der Waals surface area contributed by atoms with Crippen LogP contribution in [0.1, 0.15) is 39.5 Å². The van der Waals surface area contributed by atoms with Gasteiger partial charge in [-0.1, -0.05) is 0 Å². The molecule has 0 aliphatic carbocycles. The van der Waals surface area contributed by atoms with Gasteiger partial charge in [0.15, 0.2) is 11.6 Å². The lowest BCUT2D eigenvalue weighted by Crippen LogP contribution is -2.55. The van der Waals surface area contributed by atoms with Crippen LogP contribution in [-0.4, -0.2) is 79.6 Å². The van der Waals surface area contributed by atoms with E-state index in [1.54, 1.807) is 13.2 Å². The summed E-state index contributed by atoms with van der Waals surface area (Å²) in [5, 5.41) is 17.9. The average Bonchev–Trinajstić information content (AvgIpc) is 3.55. The van der Waals surface area contributed by atoms with Gasteiger partial charge in [0.05, 0.1) is 12.8 Å². The maximum atomic E-state index is 14.7. The fourth-order valence-electron chi connectivity index (χ4n) is 5.37. The third kappa shape index (κ3) is 5.24. The Morgan fingerprint density at radius 3 is 2.94 bits per heavy atom. The Balaban J connectivity index is 1.33. The summed E-state index contributed by atoms with van der Waals surface area (Å²) < 4.78 is 27.1. The van der Waals surface area contributed by atoms with Crippen molar-refractivity contribution < 1.29 is 13.9 Å². The van der Waals surface area contributed by atoms with E-state index in [-0.39, 0.29) is 23.3 Å². The maximum Gasteiger partial charge on any atom is 0.229 e. The molecule has 1 aromatic carbocycles. The number of methoxy groups -OCH3 is 1.